The van der Waals surface area contributed by atoms with Crippen molar-refractivity contribution in [3.05, 3.63) is 29.8 Å². The number of hydrogen-bond acceptors (Lipinski definition) is 17. The number of phenols is 1. The summed E-state index contributed by atoms with van der Waals surface area (Å²) in [7, 11) is 0. The second-order valence-electron chi connectivity index (χ2n) is 24.2. The first-order chi connectivity index (χ1) is 41.8. The van der Waals surface area contributed by atoms with Crippen LogP contribution in [-0.4, -0.2) is 162 Å². The third-order valence-electron chi connectivity index (χ3n) is 14.3. The van der Waals surface area contributed by atoms with Gasteiger partial charge in [-0.25, -0.2) is 0 Å². The molecule has 30 nitrogen and oxygen atoms in total. The Bertz CT molecular complexity index is 2480. The molecule has 1 rings (SSSR count). The number of nitrogens with one attached hydrogen (secondary N) is 9. The van der Waals surface area contributed by atoms with Gasteiger partial charge >= 0.3 is 0 Å². The molecule has 0 spiro atoms. The SMILES string of the molecule is CC(C)C[C@H](NC(=O)[C@H](Cc1ccc(O)cc1)NC(=O)[C@H](CCCCN)NC(=O)[C@H](CCCCN)NC(=O)[C@@H](NC(=O)C(C)(C)NC(=O)[C@H](CC(C)C)NC(=O)[C@H](CCC(N)=O)NC(=O)[C@H](CCCCN)NC(=O)[C@@H](N)CCCN=C(N)N)C(C)C)C(N)=O. The molecular formula is C59H106N18O12. The molecule has 1 aromatic carbocycles. The van der Waals surface area contributed by atoms with Crippen LogP contribution in [0.1, 0.15) is 157 Å². The first-order valence-electron chi connectivity index (χ1n) is 30.8. The van der Waals surface area contributed by atoms with E-state index >= 15 is 0 Å². The van der Waals surface area contributed by atoms with Gasteiger partial charge in [-0.2, -0.15) is 0 Å². The Labute approximate surface area is 523 Å². The van der Waals surface area contributed by atoms with E-state index in [9.17, 15) is 57.8 Å². The van der Waals surface area contributed by atoms with Gasteiger partial charge in [-0.15, -0.1) is 0 Å². The molecule has 89 heavy (non-hydrogen) atoms. The van der Waals surface area contributed by atoms with Crippen LogP contribution in [0.3, 0.4) is 0 Å². The zero-order valence-corrected chi connectivity index (χ0v) is 53.4. The number of primary amides is 2. The second-order valence-corrected chi connectivity index (χ2v) is 24.2. The molecule has 0 bridgehead atoms. The number of nitrogens with zero attached hydrogens (tertiary/aromatic N) is 1. The van der Waals surface area contributed by atoms with E-state index in [4.69, 9.17) is 45.9 Å². The summed E-state index contributed by atoms with van der Waals surface area (Å²) in [6, 6.07) is -5.33. The second kappa shape index (κ2) is 41.5. The van der Waals surface area contributed by atoms with Gasteiger partial charge < -0.3 is 98.8 Å². The number of benzene rings is 1. The lowest BCUT2D eigenvalue weighted by Gasteiger charge is -2.32. The molecule has 0 radical (unpaired) electrons. The Morgan fingerprint density at radius 1 is 0.483 bits per heavy atom. The minimum absolute atomic E-state index is 0.0241. The van der Waals surface area contributed by atoms with E-state index in [1.54, 1.807) is 39.8 Å². The van der Waals surface area contributed by atoms with Gasteiger partial charge in [0, 0.05) is 19.4 Å². The predicted molar refractivity (Wildman–Crippen MR) is 337 cm³/mol. The highest BCUT2D eigenvalue weighted by molar-refractivity contribution is 5.99. The largest absolute Gasteiger partial charge is 0.508 e. The average molecular weight is 1260 g/mol. The topological polar surface area (TPSA) is 537 Å². The highest BCUT2D eigenvalue weighted by atomic mass is 16.3. The Hall–Kier alpha value is -7.70. The average Bonchev–Trinajstić information content (AvgIpc) is 1.65. The maximum Gasteiger partial charge on any atom is 0.245 e. The predicted octanol–water partition coefficient (Wildman–Crippen LogP) is -3.03. The molecule has 0 heterocycles. The van der Waals surface area contributed by atoms with Crippen molar-refractivity contribution in [1.82, 2.24) is 47.9 Å². The summed E-state index contributed by atoms with van der Waals surface area (Å²) in [5.74, 6) is -9.67. The fourth-order valence-corrected chi connectivity index (χ4v) is 9.20. The van der Waals surface area contributed by atoms with Gasteiger partial charge in [0.25, 0.3) is 0 Å². The van der Waals surface area contributed by atoms with Crippen LogP contribution in [0.4, 0.5) is 0 Å². The van der Waals surface area contributed by atoms with Gasteiger partial charge in [0.05, 0.1) is 6.04 Å². The van der Waals surface area contributed by atoms with Crippen LogP contribution in [0.2, 0.25) is 0 Å². The normalized spacial score (nSPS) is 14.5. The van der Waals surface area contributed by atoms with Crippen LogP contribution in [0, 0.1) is 17.8 Å². The van der Waals surface area contributed by atoms with Crippen LogP contribution >= 0.6 is 0 Å². The number of carbonyl (C=O) groups is 11. The lowest BCUT2D eigenvalue weighted by atomic mass is 9.97. The number of aromatic hydroxyl groups is 1. The molecule has 0 aromatic heterocycles. The van der Waals surface area contributed by atoms with Crippen molar-refractivity contribution in [2.45, 2.75) is 218 Å². The molecule has 26 N–H and O–H groups in total. The van der Waals surface area contributed by atoms with Crippen molar-refractivity contribution in [2.24, 2.45) is 68.6 Å². The summed E-state index contributed by atoms with van der Waals surface area (Å²) >= 11 is 0. The Balaban J connectivity index is 3.50. The first kappa shape index (κ1) is 79.3. The molecule has 30 heteroatoms. The van der Waals surface area contributed by atoms with Crippen molar-refractivity contribution < 1.29 is 57.8 Å². The maximum absolute atomic E-state index is 14.4. The van der Waals surface area contributed by atoms with E-state index in [1.165, 1.54) is 26.0 Å². The van der Waals surface area contributed by atoms with Crippen molar-refractivity contribution >= 4 is 70.9 Å². The van der Waals surface area contributed by atoms with Crippen LogP contribution < -0.4 is 93.7 Å². The van der Waals surface area contributed by atoms with E-state index in [2.05, 4.69) is 52.8 Å². The number of phenolic OH excluding ortho intramolecular Hbond substituents is 1. The molecule has 0 aliphatic heterocycles. The maximum atomic E-state index is 14.4. The number of carbonyl (C=O) groups excluding carboxylic acids is 11. The summed E-state index contributed by atoms with van der Waals surface area (Å²) in [6.07, 6.45) is 2.76. The van der Waals surface area contributed by atoms with Crippen LogP contribution in [-0.2, 0) is 59.2 Å². The Morgan fingerprint density at radius 2 is 0.888 bits per heavy atom. The molecule has 9 atom stereocenters. The quantitative estimate of drug-likeness (QED) is 0.0176. The zero-order chi connectivity index (χ0) is 67.6. The van der Waals surface area contributed by atoms with Crippen molar-refractivity contribution in [3.8, 4) is 5.75 Å². The summed E-state index contributed by atoms with van der Waals surface area (Å²) in [4.78, 5) is 155. The van der Waals surface area contributed by atoms with E-state index < -0.39 is 131 Å². The number of aliphatic imine (C=N–C) groups is 1. The van der Waals surface area contributed by atoms with Gasteiger partial charge in [0.2, 0.25) is 65.0 Å². The van der Waals surface area contributed by atoms with Gasteiger partial charge in [-0.1, -0.05) is 53.7 Å². The summed E-state index contributed by atoms with van der Waals surface area (Å²) < 4.78 is 0. The fourth-order valence-electron chi connectivity index (χ4n) is 9.20. The lowest BCUT2D eigenvalue weighted by Crippen LogP contribution is -2.64. The minimum Gasteiger partial charge on any atom is -0.508 e. The summed E-state index contributed by atoms with van der Waals surface area (Å²) in [5.41, 5.74) is 44.0. The number of hydrogen-bond donors (Lipinski definition) is 18. The van der Waals surface area contributed by atoms with Gasteiger partial charge in [-0.3, -0.25) is 57.7 Å². The van der Waals surface area contributed by atoms with Crippen LogP contribution in [0.25, 0.3) is 0 Å². The Kier molecular flexibility index (Phi) is 37.0. The number of amides is 11. The molecule has 0 saturated carbocycles. The number of rotatable bonds is 45. The molecule has 0 fully saturated rings. The highest BCUT2D eigenvalue weighted by Crippen LogP contribution is 2.16. The molecular weight excluding hydrogens is 1150 g/mol. The molecule has 0 unspecified atom stereocenters. The molecule has 504 valence electrons. The summed E-state index contributed by atoms with van der Waals surface area (Å²) in [5, 5.41) is 34.0. The van der Waals surface area contributed by atoms with Gasteiger partial charge in [0.1, 0.15) is 59.6 Å². The van der Waals surface area contributed by atoms with E-state index in [0.717, 1.165) is 0 Å². The third kappa shape index (κ3) is 31.9. The first-order valence-corrected chi connectivity index (χ1v) is 30.8. The smallest absolute Gasteiger partial charge is 0.245 e. The fraction of sp³-hybridized carbons (Fsp3) is 0.695. The van der Waals surface area contributed by atoms with E-state index in [-0.39, 0.29) is 101 Å². The van der Waals surface area contributed by atoms with Crippen LogP contribution in [0.15, 0.2) is 29.3 Å². The Morgan fingerprint density at radius 3 is 1.31 bits per heavy atom. The highest BCUT2D eigenvalue weighted by Gasteiger charge is 2.39. The molecule has 1 aromatic rings. The number of guanidine groups is 1. The van der Waals surface area contributed by atoms with Crippen molar-refractivity contribution in [3.63, 3.8) is 0 Å². The van der Waals surface area contributed by atoms with Crippen molar-refractivity contribution in [1.29, 1.82) is 0 Å². The monoisotopic (exact) mass is 1260 g/mol. The lowest BCUT2D eigenvalue weighted by molar-refractivity contribution is -0.138. The zero-order valence-electron chi connectivity index (χ0n) is 53.4. The van der Waals surface area contributed by atoms with E-state index in [1.807, 2.05) is 13.8 Å². The molecule has 0 saturated heterocycles. The van der Waals surface area contributed by atoms with Crippen LogP contribution in [0.5, 0.6) is 5.75 Å². The number of nitrogens with two attached hydrogens (primary N) is 8. The minimum atomic E-state index is -1.78. The van der Waals surface area contributed by atoms with Gasteiger partial charge in [0.15, 0.2) is 5.96 Å². The molecule has 0 aliphatic carbocycles. The van der Waals surface area contributed by atoms with E-state index in [0.29, 0.717) is 57.1 Å². The summed E-state index contributed by atoms with van der Waals surface area (Å²) in [6.45, 7) is 14.3. The standard InChI is InChI=1S/C59H106N18O12/c1-33(2)30-43(48(65)80)73-54(86)45(32-36-20-22-37(78)23-21-36)75-52(84)40(18-10-13-27-61)70-51(83)41(19-11-14-28-62)72-56(88)47(35(5)6)76-57(89)59(7,8)77-55(87)44(31-34(3)4)74-53(85)42(24-25-46(64)79)71-50(82)39(17-9-12-26-60)69-49(81)38(63)16-15-29-68-58(66)67/h20-23,33-35,38-45,47,78H,9-19,24-32,60-63H2,1-8H3,(H2,64,79)(H2,65,80)(H,69,81)(H,70,83)(H,71,82)(H,72,88)(H,73,86)(H,74,85)(H,75,84)(H,76,89)(H,77,87)(H4,66,67,68)/t38-,39-,40-,41-,42-,43-,44-,45-,47-/m0/s1. The van der Waals surface area contributed by atoms with Gasteiger partial charge in [-0.05, 0) is 159 Å². The number of unbranched alkanes of at least 4 members (excludes halogenated alkanes) is 3. The molecule has 0 aliphatic rings. The third-order valence-corrected chi connectivity index (χ3v) is 14.3. The molecule has 11 amide bonds. The van der Waals surface area contributed by atoms with Crippen molar-refractivity contribution in [2.75, 3.05) is 26.2 Å².